The maximum atomic E-state index is 5.69. The molecule has 1 saturated carbocycles. The van der Waals surface area contributed by atoms with E-state index in [0.29, 0.717) is 25.2 Å². The van der Waals surface area contributed by atoms with Crippen LogP contribution in [0.3, 0.4) is 0 Å². The van der Waals surface area contributed by atoms with Crippen LogP contribution in [0.25, 0.3) is 0 Å². The van der Waals surface area contributed by atoms with Gasteiger partial charge in [-0.2, -0.15) is 0 Å². The standard InChI is InChI=1S/C13H24N4O2/c1-3-19-11-6-10(7-11)8-12-15-16-13(9-14)17(12)4-5-18-2/h10-11H,3-9,14H2,1-2H3. The van der Waals surface area contributed by atoms with Gasteiger partial charge in [0.1, 0.15) is 11.6 Å². The van der Waals surface area contributed by atoms with Gasteiger partial charge in [-0.1, -0.05) is 0 Å². The quantitative estimate of drug-likeness (QED) is 0.752. The molecule has 0 aliphatic heterocycles. The Morgan fingerprint density at radius 3 is 2.68 bits per heavy atom. The highest BCUT2D eigenvalue weighted by Crippen LogP contribution is 2.32. The van der Waals surface area contributed by atoms with Crippen molar-refractivity contribution < 1.29 is 9.47 Å². The van der Waals surface area contributed by atoms with Crippen molar-refractivity contribution in [2.24, 2.45) is 11.7 Å². The predicted octanol–water partition coefficient (Wildman–Crippen LogP) is 0.741. The highest BCUT2D eigenvalue weighted by molar-refractivity contribution is 4.99. The van der Waals surface area contributed by atoms with Crippen LogP contribution in [-0.4, -0.2) is 41.2 Å². The summed E-state index contributed by atoms with van der Waals surface area (Å²) in [6, 6.07) is 0. The molecule has 1 aliphatic rings. The number of nitrogens with two attached hydrogens (primary N) is 1. The fourth-order valence-electron chi connectivity index (χ4n) is 2.59. The molecule has 0 unspecified atom stereocenters. The third kappa shape index (κ3) is 3.52. The Bertz CT molecular complexity index is 388. The second-order valence-electron chi connectivity index (χ2n) is 5.00. The van der Waals surface area contributed by atoms with Crippen molar-refractivity contribution in [3.8, 4) is 0 Å². The van der Waals surface area contributed by atoms with E-state index in [1.807, 2.05) is 6.92 Å². The first-order chi connectivity index (χ1) is 9.28. The monoisotopic (exact) mass is 268 g/mol. The van der Waals surface area contributed by atoms with E-state index in [9.17, 15) is 0 Å². The molecule has 19 heavy (non-hydrogen) atoms. The summed E-state index contributed by atoms with van der Waals surface area (Å²) in [5.74, 6) is 2.53. The average Bonchev–Trinajstić information content (AvgIpc) is 2.76. The Balaban J connectivity index is 1.91. The Morgan fingerprint density at radius 1 is 1.32 bits per heavy atom. The number of ether oxygens (including phenoxy) is 2. The second-order valence-corrected chi connectivity index (χ2v) is 5.00. The first-order valence-corrected chi connectivity index (χ1v) is 7.00. The summed E-state index contributed by atoms with van der Waals surface area (Å²) in [6.07, 6.45) is 3.66. The maximum Gasteiger partial charge on any atom is 0.146 e. The SMILES string of the molecule is CCOC1CC(Cc2nnc(CN)n2CCOC)C1. The van der Waals surface area contributed by atoms with Crippen molar-refractivity contribution in [1.82, 2.24) is 14.8 Å². The summed E-state index contributed by atoms with van der Waals surface area (Å²) in [5.41, 5.74) is 5.69. The molecule has 0 atom stereocenters. The highest BCUT2D eigenvalue weighted by atomic mass is 16.5. The van der Waals surface area contributed by atoms with E-state index in [1.54, 1.807) is 7.11 Å². The summed E-state index contributed by atoms with van der Waals surface area (Å²) >= 11 is 0. The van der Waals surface area contributed by atoms with Crippen LogP contribution in [0.5, 0.6) is 0 Å². The molecule has 108 valence electrons. The van der Waals surface area contributed by atoms with Crippen LogP contribution >= 0.6 is 0 Å². The van der Waals surface area contributed by atoms with Gasteiger partial charge in [-0.15, -0.1) is 10.2 Å². The first kappa shape index (κ1) is 14.4. The van der Waals surface area contributed by atoms with Gasteiger partial charge < -0.3 is 19.8 Å². The Labute approximate surface area is 114 Å². The van der Waals surface area contributed by atoms with E-state index >= 15 is 0 Å². The molecule has 6 heteroatoms. The van der Waals surface area contributed by atoms with Crippen molar-refractivity contribution in [2.75, 3.05) is 20.3 Å². The highest BCUT2D eigenvalue weighted by Gasteiger charge is 2.31. The molecule has 0 aromatic carbocycles. The first-order valence-electron chi connectivity index (χ1n) is 7.00. The molecule has 1 fully saturated rings. The molecule has 2 N–H and O–H groups in total. The van der Waals surface area contributed by atoms with E-state index in [0.717, 1.165) is 44.1 Å². The molecule has 0 spiro atoms. The average molecular weight is 268 g/mol. The van der Waals surface area contributed by atoms with Crippen molar-refractivity contribution >= 4 is 0 Å². The van der Waals surface area contributed by atoms with Gasteiger partial charge in [0, 0.05) is 26.7 Å². The lowest BCUT2D eigenvalue weighted by Gasteiger charge is -2.34. The summed E-state index contributed by atoms with van der Waals surface area (Å²) < 4.78 is 12.8. The van der Waals surface area contributed by atoms with Crippen LogP contribution in [0.1, 0.15) is 31.4 Å². The Morgan fingerprint density at radius 2 is 2.05 bits per heavy atom. The fourth-order valence-corrected chi connectivity index (χ4v) is 2.59. The van der Waals surface area contributed by atoms with Crippen LogP contribution in [0.2, 0.25) is 0 Å². The van der Waals surface area contributed by atoms with Crippen molar-refractivity contribution in [2.45, 2.75) is 45.4 Å². The van der Waals surface area contributed by atoms with E-state index in [1.165, 1.54) is 0 Å². The summed E-state index contributed by atoms with van der Waals surface area (Å²) in [7, 11) is 1.70. The number of aromatic nitrogens is 3. The van der Waals surface area contributed by atoms with Gasteiger partial charge in [-0.25, -0.2) is 0 Å². The van der Waals surface area contributed by atoms with E-state index in [2.05, 4.69) is 14.8 Å². The Hall–Kier alpha value is -0.980. The van der Waals surface area contributed by atoms with Crippen LogP contribution in [-0.2, 0) is 29.0 Å². The topological polar surface area (TPSA) is 75.2 Å². The normalized spacial score (nSPS) is 22.5. The van der Waals surface area contributed by atoms with Gasteiger partial charge >= 0.3 is 0 Å². The molecule has 1 aliphatic carbocycles. The molecule has 6 nitrogen and oxygen atoms in total. The molecule has 0 radical (unpaired) electrons. The summed E-state index contributed by atoms with van der Waals surface area (Å²) in [4.78, 5) is 0. The Kier molecular flexibility index (Phi) is 5.30. The van der Waals surface area contributed by atoms with Crippen LogP contribution in [0.4, 0.5) is 0 Å². The molecule has 1 heterocycles. The minimum absolute atomic E-state index is 0.420. The third-order valence-corrected chi connectivity index (χ3v) is 3.67. The molecular formula is C13H24N4O2. The van der Waals surface area contributed by atoms with Crippen LogP contribution in [0, 0.1) is 5.92 Å². The zero-order valence-electron chi connectivity index (χ0n) is 11.8. The summed E-state index contributed by atoms with van der Waals surface area (Å²) in [5, 5.41) is 8.42. The predicted molar refractivity (Wildman–Crippen MR) is 71.6 cm³/mol. The van der Waals surface area contributed by atoms with Gasteiger partial charge in [0.2, 0.25) is 0 Å². The lowest BCUT2D eigenvalue weighted by molar-refractivity contribution is -0.0248. The number of rotatable bonds is 8. The molecule has 2 rings (SSSR count). The summed E-state index contributed by atoms with van der Waals surface area (Å²) in [6.45, 7) is 4.70. The van der Waals surface area contributed by atoms with Gasteiger partial charge in [0.05, 0.1) is 19.3 Å². The minimum atomic E-state index is 0.420. The molecule has 1 aromatic heterocycles. The zero-order valence-corrected chi connectivity index (χ0v) is 11.8. The third-order valence-electron chi connectivity index (χ3n) is 3.67. The smallest absolute Gasteiger partial charge is 0.146 e. The van der Waals surface area contributed by atoms with Gasteiger partial charge in [-0.05, 0) is 25.7 Å². The van der Waals surface area contributed by atoms with E-state index < -0.39 is 0 Å². The molecular weight excluding hydrogens is 244 g/mol. The number of hydrogen-bond donors (Lipinski definition) is 1. The van der Waals surface area contributed by atoms with Gasteiger partial charge in [0.15, 0.2) is 0 Å². The lowest BCUT2D eigenvalue weighted by Crippen LogP contribution is -2.33. The minimum Gasteiger partial charge on any atom is -0.383 e. The molecule has 0 amide bonds. The van der Waals surface area contributed by atoms with Gasteiger partial charge in [-0.3, -0.25) is 0 Å². The van der Waals surface area contributed by atoms with E-state index in [4.69, 9.17) is 15.2 Å². The fraction of sp³-hybridized carbons (Fsp3) is 0.846. The largest absolute Gasteiger partial charge is 0.383 e. The van der Waals surface area contributed by atoms with Crippen LogP contribution < -0.4 is 5.73 Å². The zero-order chi connectivity index (χ0) is 13.7. The maximum absolute atomic E-state index is 5.69. The number of methoxy groups -OCH3 is 1. The lowest BCUT2D eigenvalue weighted by atomic mass is 9.80. The molecule has 0 bridgehead atoms. The van der Waals surface area contributed by atoms with E-state index in [-0.39, 0.29) is 0 Å². The van der Waals surface area contributed by atoms with Crippen molar-refractivity contribution in [1.29, 1.82) is 0 Å². The molecule has 1 aromatic rings. The van der Waals surface area contributed by atoms with Gasteiger partial charge in [0.25, 0.3) is 0 Å². The van der Waals surface area contributed by atoms with Crippen molar-refractivity contribution in [3.05, 3.63) is 11.6 Å². The number of nitrogens with zero attached hydrogens (tertiary/aromatic N) is 3. The number of hydrogen-bond acceptors (Lipinski definition) is 5. The van der Waals surface area contributed by atoms with Crippen molar-refractivity contribution in [3.63, 3.8) is 0 Å². The molecule has 0 saturated heterocycles. The second kappa shape index (κ2) is 6.98. The van der Waals surface area contributed by atoms with Crippen LogP contribution in [0.15, 0.2) is 0 Å².